The van der Waals surface area contributed by atoms with Crippen molar-refractivity contribution in [1.82, 2.24) is 9.97 Å². The Labute approximate surface area is 123 Å². The molecule has 0 radical (unpaired) electrons. The molecule has 2 heterocycles. The number of thiophene rings is 1. The van der Waals surface area contributed by atoms with Crippen LogP contribution < -0.4 is 10.6 Å². The van der Waals surface area contributed by atoms with E-state index in [1.54, 1.807) is 11.3 Å². The number of aliphatic hydroxyl groups is 1. The van der Waals surface area contributed by atoms with Gasteiger partial charge in [-0.25, -0.2) is 4.98 Å². The first kappa shape index (κ1) is 15.0. The second-order valence-corrected chi connectivity index (χ2v) is 6.06. The summed E-state index contributed by atoms with van der Waals surface area (Å²) in [7, 11) is 0. The molecular weight excluding hydrogens is 272 g/mol. The molecule has 1 unspecified atom stereocenters. The first-order chi connectivity index (χ1) is 9.55. The van der Waals surface area contributed by atoms with Crippen molar-refractivity contribution in [3.05, 3.63) is 11.4 Å². The van der Waals surface area contributed by atoms with Crippen LogP contribution in [0.1, 0.15) is 33.6 Å². The Bertz CT molecular complexity index is 567. The van der Waals surface area contributed by atoms with Gasteiger partial charge in [0.15, 0.2) is 0 Å². The van der Waals surface area contributed by atoms with E-state index in [0.717, 1.165) is 29.0 Å². The van der Waals surface area contributed by atoms with Gasteiger partial charge in [0.25, 0.3) is 0 Å². The molecule has 0 spiro atoms. The molecule has 1 atom stereocenters. The van der Waals surface area contributed by atoms with Crippen LogP contribution in [0, 0.1) is 0 Å². The molecule has 3 N–H and O–H groups in total. The molecule has 110 valence electrons. The minimum atomic E-state index is -0.732. The summed E-state index contributed by atoms with van der Waals surface area (Å²) in [6.07, 6.45) is 1.72. The van der Waals surface area contributed by atoms with Crippen molar-refractivity contribution in [2.24, 2.45) is 0 Å². The molecule has 20 heavy (non-hydrogen) atoms. The number of hydrogen-bond donors (Lipinski definition) is 3. The minimum Gasteiger partial charge on any atom is -0.388 e. The lowest BCUT2D eigenvalue weighted by molar-refractivity contribution is 0.0697. The number of rotatable bonds is 7. The molecule has 2 aromatic rings. The van der Waals surface area contributed by atoms with Gasteiger partial charge < -0.3 is 15.7 Å². The number of aromatic nitrogens is 2. The van der Waals surface area contributed by atoms with Gasteiger partial charge >= 0.3 is 0 Å². The first-order valence-electron chi connectivity index (χ1n) is 7.01. The van der Waals surface area contributed by atoms with Gasteiger partial charge in [-0.05, 0) is 31.2 Å². The average Bonchev–Trinajstić information content (AvgIpc) is 2.91. The highest BCUT2D eigenvalue weighted by atomic mass is 32.1. The Morgan fingerprint density at radius 3 is 2.80 bits per heavy atom. The number of nitrogens with zero attached hydrogens (tertiary/aromatic N) is 2. The summed E-state index contributed by atoms with van der Waals surface area (Å²) in [5.41, 5.74) is -0.732. The van der Waals surface area contributed by atoms with Gasteiger partial charge in [0, 0.05) is 13.1 Å². The Kier molecular flexibility index (Phi) is 4.77. The molecule has 0 aliphatic carbocycles. The van der Waals surface area contributed by atoms with E-state index >= 15 is 0 Å². The quantitative estimate of drug-likeness (QED) is 0.732. The van der Waals surface area contributed by atoms with E-state index in [9.17, 15) is 5.11 Å². The Balaban J connectivity index is 2.23. The maximum atomic E-state index is 10.1. The van der Waals surface area contributed by atoms with E-state index < -0.39 is 5.60 Å². The fourth-order valence-electron chi connectivity index (χ4n) is 1.71. The zero-order chi connectivity index (χ0) is 14.6. The maximum absolute atomic E-state index is 10.1. The summed E-state index contributed by atoms with van der Waals surface area (Å²) in [5.74, 6) is 1.42. The highest BCUT2D eigenvalue weighted by molar-refractivity contribution is 7.16. The minimum absolute atomic E-state index is 0.471. The van der Waals surface area contributed by atoms with Gasteiger partial charge in [0.2, 0.25) is 5.95 Å². The van der Waals surface area contributed by atoms with Gasteiger partial charge in [-0.1, -0.05) is 13.8 Å². The van der Waals surface area contributed by atoms with Crippen LogP contribution in [0.25, 0.3) is 10.2 Å². The van der Waals surface area contributed by atoms with Crippen LogP contribution >= 0.6 is 11.3 Å². The molecule has 0 aromatic carbocycles. The van der Waals surface area contributed by atoms with E-state index in [-0.39, 0.29) is 0 Å². The van der Waals surface area contributed by atoms with Gasteiger partial charge in [-0.2, -0.15) is 4.98 Å². The van der Waals surface area contributed by atoms with Gasteiger partial charge in [-0.15, -0.1) is 11.3 Å². The largest absolute Gasteiger partial charge is 0.388 e. The zero-order valence-electron chi connectivity index (χ0n) is 12.2. The Morgan fingerprint density at radius 2 is 2.10 bits per heavy atom. The lowest BCUT2D eigenvalue weighted by Gasteiger charge is -2.22. The molecule has 0 aliphatic rings. The van der Waals surface area contributed by atoms with Crippen LogP contribution in [0.2, 0.25) is 0 Å². The van der Waals surface area contributed by atoms with E-state index in [0.29, 0.717) is 18.9 Å². The standard InChI is InChI=1S/C14H22N4OS/c1-4-7-15-13-17-11(16-9-14(3,19)5-2)10-6-8-20-12(10)18-13/h6,8,19H,4-5,7,9H2,1-3H3,(H2,15,16,17,18). The molecule has 6 heteroatoms. The molecule has 0 aliphatic heterocycles. The highest BCUT2D eigenvalue weighted by Gasteiger charge is 2.18. The normalized spacial score (nSPS) is 14.2. The second kappa shape index (κ2) is 6.37. The predicted molar refractivity (Wildman–Crippen MR) is 85.6 cm³/mol. The summed E-state index contributed by atoms with van der Waals surface area (Å²) in [6, 6.07) is 2.01. The molecule has 2 aromatic heterocycles. The number of anilines is 2. The smallest absolute Gasteiger partial charge is 0.226 e. The molecule has 0 amide bonds. The fourth-order valence-corrected chi connectivity index (χ4v) is 2.47. The van der Waals surface area contributed by atoms with Gasteiger partial charge in [0.05, 0.1) is 11.0 Å². The van der Waals surface area contributed by atoms with Crippen LogP contribution in [0.5, 0.6) is 0 Å². The molecule has 0 bridgehead atoms. The van der Waals surface area contributed by atoms with Crippen molar-refractivity contribution in [2.45, 2.75) is 39.2 Å². The van der Waals surface area contributed by atoms with Gasteiger partial charge in [-0.3, -0.25) is 0 Å². The van der Waals surface area contributed by atoms with E-state index in [2.05, 4.69) is 27.5 Å². The van der Waals surface area contributed by atoms with Crippen molar-refractivity contribution in [1.29, 1.82) is 0 Å². The number of fused-ring (bicyclic) bond motifs is 1. The third-order valence-electron chi connectivity index (χ3n) is 3.26. The molecule has 5 nitrogen and oxygen atoms in total. The van der Waals surface area contributed by atoms with Crippen molar-refractivity contribution >= 4 is 33.3 Å². The van der Waals surface area contributed by atoms with Crippen LogP contribution in [0.15, 0.2) is 11.4 Å². The van der Waals surface area contributed by atoms with E-state index in [4.69, 9.17) is 0 Å². The topological polar surface area (TPSA) is 70.1 Å². The summed E-state index contributed by atoms with van der Waals surface area (Å²) < 4.78 is 0. The SMILES string of the molecule is CCCNc1nc(NCC(C)(O)CC)c2ccsc2n1. The van der Waals surface area contributed by atoms with Crippen molar-refractivity contribution < 1.29 is 5.11 Å². The van der Waals surface area contributed by atoms with Crippen LogP contribution in [-0.2, 0) is 0 Å². The third kappa shape index (κ3) is 3.58. The highest BCUT2D eigenvalue weighted by Crippen LogP contribution is 2.27. The Morgan fingerprint density at radius 1 is 1.30 bits per heavy atom. The summed E-state index contributed by atoms with van der Waals surface area (Å²) in [6.45, 7) is 7.22. The van der Waals surface area contributed by atoms with Crippen molar-refractivity contribution in [3.63, 3.8) is 0 Å². The zero-order valence-corrected chi connectivity index (χ0v) is 13.0. The lowest BCUT2D eigenvalue weighted by Crippen LogP contribution is -2.32. The number of nitrogens with one attached hydrogen (secondary N) is 2. The van der Waals surface area contributed by atoms with Crippen molar-refractivity contribution in [3.8, 4) is 0 Å². The fraction of sp³-hybridized carbons (Fsp3) is 0.571. The van der Waals surface area contributed by atoms with Crippen molar-refractivity contribution in [2.75, 3.05) is 23.7 Å². The summed E-state index contributed by atoms with van der Waals surface area (Å²) in [4.78, 5) is 9.96. The van der Waals surface area contributed by atoms with Crippen LogP contribution in [-0.4, -0.2) is 33.8 Å². The van der Waals surface area contributed by atoms with Crippen LogP contribution in [0.3, 0.4) is 0 Å². The predicted octanol–water partition coefficient (Wildman–Crippen LogP) is 3.09. The maximum Gasteiger partial charge on any atom is 0.226 e. The molecule has 0 saturated heterocycles. The third-order valence-corrected chi connectivity index (χ3v) is 4.06. The molecular formula is C14H22N4OS. The van der Waals surface area contributed by atoms with Gasteiger partial charge in [0.1, 0.15) is 10.6 Å². The monoisotopic (exact) mass is 294 g/mol. The number of hydrogen-bond acceptors (Lipinski definition) is 6. The Hall–Kier alpha value is -1.40. The summed E-state index contributed by atoms with van der Waals surface area (Å²) in [5, 5.41) is 19.6. The molecule has 0 saturated carbocycles. The van der Waals surface area contributed by atoms with E-state index in [1.807, 2.05) is 25.3 Å². The average molecular weight is 294 g/mol. The van der Waals surface area contributed by atoms with Crippen LogP contribution in [0.4, 0.5) is 11.8 Å². The second-order valence-electron chi connectivity index (χ2n) is 5.17. The first-order valence-corrected chi connectivity index (χ1v) is 7.89. The van der Waals surface area contributed by atoms with E-state index in [1.165, 1.54) is 0 Å². The molecule has 0 fully saturated rings. The molecule has 2 rings (SSSR count). The summed E-state index contributed by atoms with van der Waals surface area (Å²) >= 11 is 1.59. The lowest BCUT2D eigenvalue weighted by atomic mass is 10.0.